The fraction of sp³-hybridized carbons (Fsp3) is 0.438. The summed E-state index contributed by atoms with van der Waals surface area (Å²) in [6.07, 6.45) is 19.3. The molecule has 3 heteroatoms. The smallest absolute Gasteiger partial charge is 0.303 e. The van der Waals surface area contributed by atoms with Gasteiger partial charge in [0.2, 0.25) is 0 Å². The van der Waals surface area contributed by atoms with E-state index >= 15 is 0 Å². The quantitative estimate of drug-likeness (QED) is 0.392. The van der Waals surface area contributed by atoms with Crippen molar-refractivity contribution in [2.24, 2.45) is 0 Å². The van der Waals surface area contributed by atoms with Crippen LogP contribution >= 0.6 is 0 Å². The maximum absolute atomic E-state index is 10.3. The summed E-state index contributed by atoms with van der Waals surface area (Å²) >= 11 is 0. The van der Waals surface area contributed by atoms with Crippen LogP contribution in [-0.4, -0.2) is 23.3 Å². The zero-order valence-electron chi connectivity index (χ0n) is 11.4. The molecule has 0 bridgehead atoms. The Morgan fingerprint density at radius 1 is 1.21 bits per heavy atom. The number of hydrogen-bond donors (Lipinski definition) is 1. The van der Waals surface area contributed by atoms with Crippen LogP contribution in [0.4, 0.5) is 0 Å². The van der Waals surface area contributed by atoms with Crippen LogP contribution in [0.2, 0.25) is 0 Å². The molecule has 0 aliphatic carbocycles. The molecule has 0 aromatic rings. The summed E-state index contributed by atoms with van der Waals surface area (Å²) < 4.78 is 5.42. The van der Waals surface area contributed by atoms with Crippen molar-refractivity contribution in [3.63, 3.8) is 0 Å². The van der Waals surface area contributed by atoms with Crippen molar-refractivity contribution in [3.8, 4) is 0 Å². The second-order valence-electron chi connectivity index (χ2n) is 4.43. The Morgan fingerprint density at radius 2 is 2.00 bits per heavy atom. The Balaban J connectivity index is 2.06. The lowest BCUT2D eigenvalue weighted by molar-refractivity contribution is -0.137. The molecular weight excluding hydrogens is 240 g/mol. The van der Waals surface area contributed by atoms with E-state index in [1.54, 1.807) is 0 Å². The van der Waals surface area contributed by atoms with E-state index in [1.807, 2.05) is 43.4 Å². The summed E-state index contributed by atoms with van der Waals surface area (Å²) in [6, 6.07) is 0. The highest BCUT2D eigenvalue weighted by Crippen LogP contribution is 2.28. The molecule has 1 saturated heterocycles. The Morgan fingerprint density at radius 3 is 2.74 bits per heavy atom. The second-order valence-corrected chi connectivity index (χ2v) is 4.43. The van der Waals surface area contributed by atoms with E-state index in [0.717, 1.165) is 12.8 Å². The van der Waals surface area contributed by atoms with Crippen molar-refractivity contribution >= 4 is 5.97 Å². The van der Waals surface area contributed by atoms with Crippen LogP contribution in [0.3, 0.4) is 0 Å². The molecular formula is C16H22O3. The lowest BCUT2D eigenvalue weighted by Crippen LogP contribution is -1.97. The summed E-state index contributed by atoms with van der Waals surface area (Å²) in [5, 5.41) is 8.52. The molecule has 0 radical (unpaired) electrons. The third kappa shape index (κ3) is 8.16. The maximum Gasteiger partial charge on any atom is 0.303 e. The summed E-state index contributed by atoms with van der Waals surface area (Å²) in [6.45, 7) is 2.01. The van der Waals surface area contributed by atoms with Gasteiger partial charge in [0, 0.05) is 6.42 Å². The molecule has 1 N–H and O–H groups in total. The molecule has 1 aliphatic rings. The summed E-state index contributed by atoms with van der Waals surface area (Å²) in [5.74, 6) is -0.736. The number of carboxylic acid groups (broad SMARTS) is 1. The molecule has 3 nitrogen and oxygen atoms in total. The van der Waals surface area contributed by atoms with Gasteiger partial charge in [-0.3, -0.25) is 4.79 Å². The Kier molecular flexibility index (Phi) is 7.59. The lowest BCUT2D eigenvalue weighted by atomic mass is 10.1. The summed E-state index contributed by atoms with van der Waals surface area (Å²) in [7, 11) is 0. The minimum Gasteiger partial charge on any atom is -0.481 e. The van der Waals surface area contributed by atoms with Gasteiger partial charge in [0.05, 0.1) is 6.10 Å². The largest absolute Gasteiger partial charge is 0.481 e. The molecule has 1 aliphatic heterocycles. The SMILES string of the molecule is C/C=C\C\C=C/C=C/C=C/[C@@H]1OC1CCCC(=O)O. The molecule has 19 heavy (non-hydrogen) atoms. The highest BCUT2D eigenvalue weighted by molar-refractivity contribution is 5.66. The van der Waals surface area contributed by atoms with E-state index in [4.69, 9.17) is 9.84 Å². The van der Waals surface area contributed by atoms with Gasteiger partial charge >= 0.3 is 5.97 Å². The Hall–Kier alpha value is -1.61. The van der Waals surface area contributed by atoms with Gasteiger partial charge in [0.25, 0.3) is 0 Å². The molecule has 0 aromatic heterocycles. The third-order valence-electron chi connectivity index (χ3n) is 2.78. The average Bonchev–Trinajstić information content (AvgIpc) is 3.11. The Bertz CT molecular complexity index is 377. The van der Waals surface area contributed by atoms with Gasteiger partial charge in [-0.05, 0) is 26.2 Å². The number of aliphatic carboxylic acids is 1. The normalized spacial score (nSPS) is 23.2. The predicted molar refractivity (Wildman–Crippen MR) is 77.0 cm³/mol. The van der Waals surface area contributed by atoms with Crippen LogP contribution in [0.25, 0.3) is 0 Å². The third-order valence-corrected chi connectivity index (χ3v) is 2.78. The van der Waals surface area contributed by atoms with Crippen LogP contribution in [0.5, 0.6) is 0 Å². The predicted octanol–water partition coefficient (Wildman–Crippen LogP) is 3.64. The summed E-state index contributed by atoms with van der Waals surface area (Å²) in [5.41, 5.74) is 0. The lowest BCUT2D eigenvalue weighted by Gasteiger charge is -1.91. The van der Waals surface area contributed by atoms with Crippen molar-refractivity contribution in [2.75, 3.05) is 0 Å². The van der Waals surface area contributed by atoms with E-state index in [0.29, 0.717) is 6.42 Å². The highest BCUT2D eigenvalue weighted by Gasteiger charge is 2.35. The zero-order chi connectivity index (χ0) is 13.9. The number of rotatable bonds is 9. The van der Waals surface area contributed by atoms with Gasteiger partial charge in [-0.1, -0.05) is 48.6 Å². The molecule has 104 valence electrons. The molecule has 0 amide bonds. The number of hydrogen-bond acceptors (Lipinski definition) is 2. The molecule has 2 atom stereocenters. The van der Waals surface area contributed by atoms with Gasteiger partial charge in [-0.15, -0.1) is 0 Å². The number of carbonyl (C=O) groups is 1. The Labute approximate surface area is 115 Å². The number of epoxide rings is 1. The van der Waals surface area contributed by atoms with Crippen molar-refractivity contribution in [1.82, 2.24) is 0 Å². The van der Waals surface area contributed by atoms with Crippen LogP contribution in [0.15, 0.2) is 48.6 Å². The molecule has 1 heterocycles. The summed E-state index contributed by atoms with van der Waals surface area (Å²) in [4.78, 5) is 10.3. The molecule has 0 aromatic carbocycles. The van der Waals surface area contributed by atoms with E-state index in [9.17, 15) is 4.79 Å². The first-order chi connectivity index (χ1) is 9.24. The molecule has 0 saturated carbocycles. The average molecular weight is 262 g/mol. The first kappa shape index (κ1) is 15.4. The zero-order valence-corrected chi connectivity index (χ0v) is 11.4. The fourth-order valence-corrected chi connectivity index (χ4v) is 1.69. The minimum atomic E-state index is -0.736. The number of carboxylic acids is 1. The van der Waals surface area contributed by atoms with Crippen molar-refractivity contribution in [3.05, 3.63) is 48.6 Å². The van der Waals surface area contributed by atoms with Gasteiger partial charge < -0.3 is 9.84 Å². The topological polar surface area (TPSA) is 49.8 Å². The highest BCUT2D eigenvalue weighted by atomic mass is 16.6. The van der Waals surface area contributed by atoms with Gasteiger partial charge in [0.1, 0.15) is 6.10 Å². The first-order valence-electron chi connectivity index (χ1n) is 6.72. The standard InChI is InChI=1S/C16H22O3/c1-2-3-4-5-6-7-8-9-11-14-15(19-14)12-10-13-16(17)18/h2-3,5-9,11,14-15H,4,10,12-13H2,1H3,(H,17,18)/b3-2-,6-5-,8-7+,11-9+/t14-,15?/m0/s1. The van der Waals surface area contributed by atoms with E-state index in [1.165, 1.54) is 0 Å². The number of allylic oxidation sites excluding steroid dienone is 7. The monoisotopic (exact) mass is 262 g/mol. The van der Waals surface area contributed by atoms with Crippen molar-refractivity contribution in [1.29, 1.82) is 0 Å². The fourth-order valence-electron chi connectivity index (χ4n) is 1.69. The first-order valence-corrected chi connectivity index (χ1v) is 6.72. The van der Waals surface area contributed by atoms with Crippen LogP contribution in [0, 0.1) is 0 Å². The van der Waals surface area contributed by atoms with E-state index in [-0.39, 0.29) is 18.6 Å². The molecule has 1 unspecified atom stereocenters. The van der Waals surface area contributed by atoms with Crippen molar-refractivity contribution in [2.45, 2.75) is 44.8 Å². The van der Waals surface area contributed by atoms with Crippen LogP contribution < -0.4 is 0 Å². The van der Waals surface area contributed by atoms with Crippen LogP contribution in [-0.2, 0) is 9.53 Å². The molecule has 1 fully saturated rings. The maximum atomic E-state index is 10.3. The molecule has 1 rings (SSSR count). The van der Waals surface area contributed by atoms with E-state index < -0.39 is 5.97 Å². The number of ether oxygens (including phenoxy) is 1. The van der Waals surface area contributed by atoms with Gasteiger partial charge in [-0.25, -0.2) is 0 Å². The second kappa shape index (κ2) is 9.34. The van der Waals surface area contributed by atoms with Crippen LogP contribution in [0.1, 0.15) is 32.6 Å². The van der Waals surface area contributed by atoms with Gasteiger partial charge in [0.15, 0.2) is 0 Å². The molecule has 0 spiro atoms. The van der Waals surface area contributed by atoms with Gasteiger partial charge in [-0.2, -0.15) is 0 Å². The van der Waals surface area contributed by atoms with Crippen molar-refractivity contribution < 1.29 is 14.6 Å². The van der Waals surface area contributed by atoms with E-state index in [2.05, 4.69) is 12.2 Å². The minimum absolute atomic E-state index is 0.172.